The molecule has 0 saturated heterocycles. The lowest BCUT2D eigenvalue weighted by atomic mass is 9.68. The molecule has 0 unspecified atom stereocenters. The maximum Gasteiger partial charge on any atom is 0.248 e. The average Bonchev–Trinajstić information content (AvgIpc) is 2.27. The first kappa shape index (κ1) is 10.9. The maximum atomic E-state index is 13.2. The monoisotopic (exact) mass is 190 g/mol. The van der Waals surface area contributed by atoms with Crippen LogP contribution in [0, 0.1) is 17.3 Å². The van der Waals surface area contributed by atoms with E-state index in [1.807, 2.05) is 0 Å². The molecule has 1 aliphatic rings. The van der Waals surface area contributed by atoms with Gasteiger partial charge in [0, 0.05) is 12.8 Å². The van der Waals surface area contributed by atoms with Gasteiger partial charge in [0.25, 0.3) is 0 Å². The van der Waals surface area contributed by atoms with Gasteiger partial charge in [-0.15, -0.1) is 0 Å². The molecule has 0 bridgehead atoms. The Labute approximate surface area is 79.7 Å². The third-order valence-corrected chi connectivity index (χ3v) is 3.84. The van der Waals surface area contributed by atoms with Crippen LogP contribution in [0.25, 0.3) is 0 Å². The van der Waals surface area contributed by atoms with Gasteiger partial charge < -0.3 is 0 Å². The summed E-state index contributed by atoms with van der Waals surface area (Å²) in [6.07, 6.45) is 0.869. The van der Waals surface area contributed by atoms with Crippen molar-refractivity contribution in [2.75, 3.05) is 0 Å². The van der Waals surface area contributed by atoms with Gasteiger partial charge in [0.15, 0.2) is 0 Å². The fourth-order valence-corrected chi connectivity index (χ4v) is 2.73. The first-order chi connectivity index (χ1) is 5.80. The normalized spacial score (nSPS) is 25.8. The molecule has 0 spiro atoms. The lowest BCUT2D eigenvalue weighted by Gasteiger charge is -2.37. The molecule has 1 rings (SSSR count). The van der Waals surface area contributed by atoms with E-state index in [-0.39, 0.29) is 18.3 Å². The largest absolute Gasteiger partial charge is 0.248 e. The highest BCUT2D eigenvalue weighted by molar-refractivity contribution is 4.96. The third-order valence-electron chi connectivity index (χ3n) is 3.84. The standard InChI is InChI=1S/C11H20F2/c1-8(2)10(9(3)4)5-6-11(12,13)7-10/h8-9H,5-7H2,1-4H3. The molecule has 0 aromatic heterocycles. The van der Waals surface area contributed by atoms with Crippen molar-refractivity contribution in [2.45, 2.75) is 52.9 Å². The molecule has 0 nitrogen and oxygen atoms in total. The van der Waals surface area contributed by atoms with E-state index in [0.29, 0.717) is 18.3 Å². The molecule has 0 amide bonds. The van der Waals surface area contributed by atoms with Crippen molar-refractivity contribution in [3.63, 3.8) is 0 Å². The first-order valence-electron chi connectivity index (χ1n) is 5.18. The number of hydrogen-bond acceptors (Lipinski definition) is 0. The van der Waals surface area contributed by atoms with Crippen molar-refractivity contribution >= 4 is 0 Å². The van der Waals surface area contributed by atoms with Gasteiger partial charge in [-0.25, -0.2) is 8.78 Å². The second-order valence-electron chi connectivity index (χ2n) is 5.08. The van der Waals surface area contributed by atoms with Gasteiger partial charge in [-0.1, -0.05) is 27.7 Å². The SMILES string of the molecule is CC(C)C1(C(C)C)CCC(F)(F)C1. The molecule has 0 aromatic carbocycles. The van der Waals surface area contributed by atoms with E-state index < -0.39 is 5.92 Å². The van der Waals surface area contributed by atoms with Crippen LogP contribution in [0.2, 0.25) is 0 Å². The predicted molar refractivity (Wildman–Crippen MR) is 50.9 cm³/mol. The Kier molecular flexibility index (Phi) is 2.70. The second-order valence-corrected chi connectivity index (χ2v) is 5.08. The highest BCUT2D eigenvalue weighted by Crippen LogP contribution is 2.55. The van der Waals surface area contributed by atoms with Crippen LogP contribution in [0.15, 0.2) is 0 Å². The molecule has 0 atom stereocenters. The number of halogens is 2. The van der Waals surface area contributed by atoms with E-state index in [2.05, 4.69) is 27.7 Å². The van der Waals surface area contributed by atoms with Gasteiger partial charge in [0.05, 0.1) is 0 Å². The number of rotatable bonds is 2. The van der Waals surface area contributed by atoms with E-state index >= 15 is 0 Å². The first-order valence-corrected chi connectivity index (χ1v) is 5.18. The molecular formula is C11H20F2. The Hall–Kier alpha value is -0.140. The van der Waals surface area contributed by atoms with E-state index in [1.165, 1.54) is 0 Å². The number of alkyl halides is 2. The van der Waals surface area contributed by atoms with Gasteiger partial charge in [-0.2, -0.15) is 0 Å². The molecule has 0 aliphatic heterocycles. The van der Waals surface area contributed by atoms with Crippen LogP contribution < -0.4 is 0 Å². The molecule has 78 valence electrons. The second kappa shape index (κ2) is 3.21. The fraction of sp³-hybridized carbons (Fsp3) is 1.00. The summed E-state index contributed by atoms with van der Waals surface area (Å²) in [5.74, 6) is -1.68. The zero-order chi connectivity index (χ0) is 10.3. The van der Waals surface area contributed by atoms with E-state index in [0.717, 1.165) is 0 Å². The Morgan fingerprint density at radius 3 is 1.54 bits per heavy atom. The van der Waals surface area contributed by atoms with Gasteiger partial charge in [-0.05, 0) is 23.7 Å². The summed E-state index contributed by atoms with van der Waals surface area (Å²) in [6, 6.07) is 0. The molecule has 0 radical (unpaired) electrons. The maximum absolute atomic E-state index is 13.2. The van der Waals surface area contributed by atoms with Crippen molar-refractivity contribution in [3.05, 3.63) is 0 Å². The van der Waals surface area contributed by atoms with Crippen LogP contribution in [-0.4, -0.2) is 5.92 Å². The Morgan fingerprint density at radius 1 is 0.923 bits per heavy atom. The van der Waals surface area contributed by atoms with Crippen molar-refractivity contribution in [2.24, 2.45) is 17.3 Å². The molecule has 1 aliphatic carbocycles. The highest BCUT2D eigenvalue weighted by atomic mass is 19.3. The molecule has 1 saturated carbocycles. The van der Waals surface area contributed by atoms with Gasteiger partial charge in [0.2, 0.25) is 5.92 Å². The minimum absolute atomic E-state index is 0.0867. The molecule has 13 heavy (non-hydrogen) atoms. The van der Waals surface area contributed by atoms with Crippen molar-refractivity contribution in [1.82, 2.24) is 0 Å². The molecule has 0 N–H and O–H groups in total. The van der Waals surface area contributed by atoms with Crippen LogP contribution >= 0.6 is 0 Å². The summed E-state index contributed by atoms with van der Waals surface area (Å²) >= 11 is 0. The summed E-state index contributed by atoms with van der Waals surface area (Å²) < 4.78 is 26.3. The Morgan fingerprint density at radius 2 is 1.38 bits per heavy atom. The summed E-state index contributed by atoms with van der Waals surface area (Å²) in [5.41, 5.74) is -0.122. The Balaban J connectivity index is 2.84. The van der Waals surface area contributed by atoms with Crippen LogP contribution in [-0.2, 0) is 0 Å². The smallest absolute Gasteiger partial charge is 0.207 e. The number of hydrogen-bond donors (Lipinski definition) is 0. The predicted octanol–water partition coefficient (Wildman–Crippen LogP) is 4.10. The molecule has 2 heteroatoms. The zero-order valence-electron chi connectivity index (χ0n) is 9.03. The minimum Gasteiger partial charge on any atom is -0.207 e. The minimum atomic E-state index is -2.41. The highest BCUT2D eigenvalue weighted by Gasteiger charge is 2.52. The van der Waals surface area contributed by atoms with E-state index in [9.17, 15) is 8.78 Å². The van der Waals surface area contributed by atoms with Gasteiger partial charge in [-0.3, -0.25) is 0 Å². The molecule has 0 aromatic rings. The average molecular weight is 190 g/mol. The van der Waals surface area contributed by atoms with Crippen LogP contribution in [0.5, 0.6) is 0 Å². The van der Waals surface area contributed by atoms with Crippen molar-refractivity contribution in [3.8, 4) is 0 Å². The molecule has 0 heterocycles. The van der Waals surface area contributed by atoms with E-state index in [1.54, 1.807) is 0 Å². The topological polar surface area (TPSA) is 0 Å². The lowest BCUT2D eigenvalue weighted by Crippen LogP contribution is -2.31. The van der Waals surface area contributed by atoms with E-state index in [4.69, 9.17) is 0 Å². The van der Waals surface area contributed by atoms with Gasteiger partial charge in [0.1, 0.15) is 0 Å². The van der Waals surface area contributed by atoms with Crippen molar-refractivity contribution in [1.29, 1.82) is 0 Å². The van der Waals surface area contributed by atoms with Crippen molar-refractivity contribution < 1.29 is 8.78 Å². The Bertz CT molecular complexity index is 175. The fourth-order valence-electron chi connectivity index (χ4n) is 2.73. The van der Waals surface area contributed by atoms with Crippen LogP contribution in [0.4, 0.5) is 8.78 Å². The summed E-state index contributed by atoms with van der Waals surface area (Å²) in [6.45, 7) is 8.28. The third kappa shape index (κ3) is 1.87. The summed E-state index contributed by atoms with van der Waals surface area (Å²) in [7, 11) is 0. The summed E-state index contributed by atoms with van der Waals surface area (Å²) in [5, 5.41) is 0. The zero-order valence-corrected chi connectivity index (χ0v) is 9.03. The lowest BCUT2D eigenvalue weighted by molar-refractivity contribution is -0.0196. The van der Waals surface area contributed by atoms with Crippen LogP contribution in [0.3, 0.4) is 0 Å². The quantitative estimate of drug-likeness (QED) is 0.615. The molecular weight excluding hydrogens is 170 g/mol. The summed E-state index contributed by atoms with van der Waals surface area (Å²) in [4.78, 5) is 0. The van der Waals surface area contributed by atoms with Crippen LogP contribution in [0.1, 0.15) is 47.0 Å². The molecule has 1 fully saturated rings. The van der Waals surface area contributed by atoms with Gasteiger partial charge >= 0.3 is 0 Å².